The molecule has 0 saturated heterocycles. The van der Waals surface area contributed by atoms with E-state index in [9.17, 15) is 0 Å². The summed E-state index contributed by atoms with van der Waals surface area (Å²) in [5.41, 5.74) is 14.4. The van der Waals surface area contributed by atoms with Gasteiger partial charge in [0, 0.05) is 0 Å². The molecule has 0 fully saturated rings. The van der Waals surface area contributed by atoms with Crippen LogP contribution in [0.2, 0.25) is 9.26 Å². The molecule has 0 spiro atoms. The first-order valence-corrected chi connectivity index (χ1v) is 32.4. The van der Waals surface area contributed by atoms with Crippen LogP contribution in [0.25, 0.3) is 77.5 Å². The summed E-state index contributed by atoms with van der Waals surface area (Å²) in [4.78, 5) is 0. The van der Waals surface area contributed by atoms with Crippen molar-refractivity contribution in [1.29, 1.82) is 0 Å². The van der Waals surface area contributed by atoms with Crippen molar-refractivity contribution in [2.45, 2.75) is 30.4 Å². The van der Waals surface area contributed by atoms with Crippen LogP contribution in [-0.2, 0) is 17.4 Å². The van der Waals surface area contributed by atoms with E-state index in [1.165, 1.54) is 98.7 Å². The van der Waals surface area contributed by atoms with Gasteiger partial charge >= 0.3 is 311 Å². The summed E-state index contributed by atoms with van der Waals surface area (Å²) in [6, 6.07) is 54.9. The van der Waals surface area contributed by atoms with Crippen molar-refractivity contribution in [3.63, 3.8) is 0 Å². The van der Waals surface area contributed by atoms with E-state index in [1.807, 2.05) is 0 Å². The molecule has 0 N–H and O–H groups in total. The number of fused-ring (bicyclic) bond motifs is 6. The number of halogens is 2. The molecule has 0 aromatic heterocycles. The van der Waals surface area contributed by atoms with Gasteiger partial charge in [-0.15, -0.1) is 24.8 Å². The molecule has 0 amide bonds. The van der Waals surface area contributed by atoms with Crippen LogP contribution in [0.4, 0.5) is 0 Å². The summed E-state index contributed by atoms with van der Waals surface area (Å²) < 4.78 is 6.44. The van der Waals surface area contributed by atoms with Gasteiger partial charge in [-0.25, -0.2) is 0 Å². The van der Waals surface area contributed by atoms with Gasteiger partial charge < -0.3 is 0 Å². The molecule has 0 bridgehead atoms. The van der Waals surface area contributed by atoms with E-state index in [4.69, 9.17) is 0 Å². The maximum absolute atomic E-state index is 3.72. The molecule has 2 unspecified atom stereocenters. The molecule has 2 aliphatic carbocycles. The van der Waals surface area contributed by atoms with Crippen LogP contribution >= 0.6 is 24.8 Å². The summed E-state index contributed by atoms with van der Waals surface area (Å²) in [5, 5.41) is 10.4. The number of allylic oxidation sites excluding steroid dienone is 2. The van der Waals surface area contributed by atoms with E-state index in [-0.39, 0.29) is 24.8 Å². The third kappa shape index (κ3) is 5.56. The van der Waals surface area contributed by atoms with Gasteiger partial charge in [-0.2, -0.15) is 0 Å². The Kier molecular flexibility index (Phi) is 9.10. The molecule has 2 atom stereocenters. The first kappa shape index (κ1) is 36.9. The third-order valence-electron chi connectivity index (χ3n) is 12.5. The molecule has 0 aliphatic heterocycles. The predicted molar refractivity (Wildman–Crippen MR) is 241 cm³/mol. The molecule has 266 valence electrons. The van der Waals surface area contributed by atoms with Gasteiger partial charge in [0.15, 0.2) is 0 Å². The van der Waals surface area contributed by atoms with E-state index in [0.717, 1.165) is 0 Å². The van der Waals surface area contributed by atoms with Crippen LogP contribution in [0.1, 0.15) is 43.4 Å². The summed E-state index contributed by atoms with van der Waals surface area (Å²) in [7, 11) is 0. The molecule has 0 radical (unpaired) electrons. The Hall–Kier alpha value is -4.04. The summed E-state index contributed by atoms with van der Waals surface area (Å²) >= 11 is -3.72. The number of hydrogen-bond acceptors (Lipinski definition) is 0. The van der Waals surface area contributed by atoms with Crippen LogP contribution in [-0.4, -0.2) is 6.88 Å². The zero-order chi connectivity index (χ0) is 35.4. The van der Waals surface area contributed by atoms with E-state index < -0.39 is 17.4 Å². The zero-order valence-electron chi connectivity index (χ0n) is 31.2. The summed E-state index contributed by atoms with van der Waals surface area (Å²) in [6.45, 7) is 7.28. The van der Waals surface area contributed by atoms with Gasteiger partial charge in [0.05, 0.1) is 0 Å². The monoisotopic (exact) mass is 832 g/mol. The van der Waals surface area contributed by atoms with E-state index in [0.29, 0.717) is 7.25 Å². The van der Waals surface area contributed by atoms with Crippen LogP contribution in [0, 0.1) is 0 Å². The third-order valence-corrected chi connectivity index (χ3v) is 30.4. The van der Waals surface area contributed by atoms with Crippen molar-refractivity contribution in [3.8, 4) is 22.3 Å². The maximum atomic E-state index is 2.75. The Morgan fingerprint density at radius 1 is 0.407 bits per heavy atom. The minimum absolute atomic E-state index is 0. The fourth-order valence-electron chi connectivity index (χ4n) is 10.7. The Morgan fingerprint density at radius 2 is 0.741 bits per heavy atom. The van der Waals surface area contributed by atoms with Crippen LogP contribution in [0.3, 0.4) is 0 Å². The van der Waals surface area contributed by atoms with Crippen LogP contribution in [0.15, 0.2) is 157 Å². The Bertz CT molecular complexity index is 2790. The molecule has 2 aliphatic rings. The fourth-order valence-corrected chi connectivity index (χ4v) is 31.9. The first-order valence-electron chi connectivity index (χ1n) is 18.7. The molecule has 8 aromatic rings. The average Bonchev–Trinajstić information content (AvgIpc) is 3.69. The summed E-state index contributed by atoms with van der Waals surface area (Å²) in [6.07, 6.45) is 5.10. The van der Waals surface area contributed by atoms with Crippen molar-refractivity contribution < 1.29 is 17.4 Å². The van der Waals surface area contributed by atoms with Crippen molar-refractivity contribution in [3.05, 3.63) is 179 Å². The van der Waals surface area contributed by atoms with Gasteiger partial charge in [0.2, 0.25) is 0 Å². The van der Waals surface area contributed by atoms with Crippen LogP contribution in [0.5, 0.6) is 0 Å². The normalized spacial score (nSPS) is 16.5. The number of hydrogen-bond donors (Lipinski definition) is 0. The van der Waals surface area contributed by atoms with Gasteiger partial charge in [-0.05, 0) is 0 Å². The minimum atomic E-state index is -3.72. The maximum Gasteiger partial charge on any atom is -0.147 e. The number of benzene rings is 8. The molecule has 0 heterocycles. The quantitative estimate of drug-likeness (QED) is 0.122. The molecular weight excluding hydrogens is 791 g/mol. The van der Waals surface area contributed by atoms with Crippen molar-refractivity contribution in [2.24, 2.45) is 0 Å². The molecule has 54 heavy (non-hydrogen) atoms. The Balaban J connectivity index is 0.00000207. The second-order valence-corrected chi connectivity index (χ2v) is 47.1. The zero-order valence-corrected chi connectivity index (χ0v) is 36.7. The molecular formula is C50H44Cl2SiZr. The van der Waals surface area contributed by atoms with Gasteiger partial charge in [-0.3, -0.25) is 0 Å². The van der Waals surface area contributed by atoms with E-state index >= 15 is 0 Å². The van der Waals surface area contributed by atoms with E-state index in [1.54, 1.807) is 0 Å². The standard InChI is InChI=1S/2C24H17.2CH3.2ClH.H2Si.Zr/c2*1-16-12-19-8-4-10-21(23(19)13-16)22-11-5-9-20-14-17-6-2-3-7-18(17)15-24(20)22;;;;;;/h2*2-15H,1H3;2*1H3;2*1H;1H2;. The minimum Gasteiger partial charge on any atom is -0.147 e. The SMILES string of the molecule is CC1=Cc2c(-c3cccc4cc5ccccc5cc34)cccc2[CH]1[Zr]([CH3])([CH3])(=[SiH2])[CH]1C(C)=Cc2c(-c3cccc4cc5ccccc5cc34)cccc21.Cl.Cl. The van der Waals surface area contributed by atoms with Gasteiger partial charge in [0.25, 0.3) is 0 Å². The topological polar surface area (TPSA) is 0 Å². The largest absolute Gasteiger partial charge is 0.147 e. The first-order chi connectivity index (χ1) is 25.1. The Labute approximate surface area is 333 Å². The molecule has 10 rings (SSSR count). The summed E-state index contributed by atoms with van der Waals surface area (Å²) in [5.74, 6) is 0. The Morgan fingerprint density at radius 3 is 1.15 bits per heavy atom. The molecule has 0 nitrogen and oxygen atoms in total. The van der Waals surface area contributed by atoms with E-state index in [2.05, 4.69) is 188 Å². The van der Waals surface area contributed by atoms with Crippen molar-refractivity contribution >= 4 is 86.9 Å². The van der Waals surface area contributed by atoms with Crippen LogP contribution < -0.4 is 0 Å². The molecule has 0 saturated carbocycles. The number of rotatable bonds is 4. The van der Waals surface area contributed by atoms with Crippen molar-refractivity contribution in [2.75, 3.05) is 0 Å². The predicted octanol–water partition coefficient (Wildman–Crippen LogP) is 14.4. The second kappa shape index (κ2) is 13.3. The van der Waals surface area contributed by atoms with Crippen molar-refractivity contribution in [1.82, 2.24) is 0 Å². The smallest absolute Gasteiger partial charge is 0.147 e. The molecule has 8 aromatic carbocycles. The molecule has 4 heteroatoms. The fraction of sp³-hybridized carbons (Fsp3) is 0.120. The van der Waals surface area contributed by atoms with Gasteiger partial charge in [0.1, 0.15) is 0 Å². The van der Waals surface area contributed by atoms with Gasteiger partial charge in [-0.1, -0.05) is 0 Å². The average molecular weight is 835 g/mol. The second-order valence-electron chi connectivity index (χ2n) is 16.6.